The van der Waals surface area contributed by atoms with Crippen molar-refractivity contribution < 1.29 is 0 Å². The Labute approximate surface area is 147 Å². The maximum absolute atomic E-state index is 11.7. The van der Waals surface area contributed by atoms with Gasteiger partial charge in [-0.2, -0.15) is 0 Å². The molecule has 0 spiro atoms. The molecule has 3 rings (SSSR count). The third-order valence-corrected chi connectivity index (χ3v) is 5.55. The molecule has 118 valence electrons. The van der Waals surface area contributed by atoms with Gasteiger partial charge in [0.2, 0.25) is 0 Å². The van der Waals surface area contributed by atoms with Crippen LogP contribution in [-0.4, -0.2) is 9.55 Å². The minimum Gasteiger partial charge on any atom is -0.310 e. The number of anilines is 1. The summed E-state index contributed by atoms with van der Waals surface area (Å²) in [6.45, 7) is 2.46. The molecule has 0 bridgehead atoms. The zero-order valence-corrected chi connectivity index (χ0v) is 14.7. The smallest absolute Gasteiger partial charge is 0.250 e. The summed E-state index contributed by atoms with van der Waals surface area (Å²) in [5.74, 6) is 0. The number of halogens is 1. The van der Waals surface area contributed by atoms with Crippen LogP contribution in [0.1, 0.15) is 11.3 Å². The fraction of sp³-hybridized carbons (Fsp3) is 0.125. The van der Waals surface area contributed by atoms with Gasteiger partial charge in [-0.15, -0.1) is 11.3 Å². The molecule has 0 fully saturated rings. The summed E-state index contributed by atoms with van der Waals surface area (Å²) in [4.78, 5) is 17.3. The van der Waals surface area contributed by atoms with E-state index in [1.165, 1.54) is 23.3 Å². The largest absolute Gasteiger partial charge is 0.310 e. The molecule has 3 aromatic rings. The quantitative estimate of drug-likeness (QED) is 0.681. The second-order valence-electron chi connectivity index (χ2n) is 4.88. The van der Waals surface area contributed by atoms with Crippen molar-refractivity contribution in [2.75, 3.05) is 4.72 Å². The number of aromatic nitrogens is 2. The maximum Gasteiger partial charge on any atom is 0.250 e. The summed E-state index contributed by atoms with van der Waals surface area (Å²) < 4.78 is 4.86. The van der Waals surface area contributed by atoms with Crippen molar-refractivity contribution in [1.82, 2.24) is 9.55 Å². The first-order valence-electron chi connectivity index (χ1n) is 6.91. The molecular weight excluding hydrogens is 350 g/mol. The lowest BCUT2D eigenvalue weighted by molar-refractivity contribution is 0.745. The fourth-order valence-electron chi connectivity index (χ4n) is 1.99. The summed E-state index contributed by atoms with van der Waals surface area (Å²) in [6, 6.07) is 10.9. The van der Waals surface area contributed by atoms with E-state index in [-0.39, 0.29) is 5.56 Å². The second-order valence-corrected chi connectivity index (χ2v) is 6.99. The molecule has 0 saturated carbocycles. The molecule has 0 unspecified atom stereocenters. The Morgan fingerprint density at radius 3 is 3.00 bits per heavy atom. The van der Waals surface area contributed by atoms with Gasteiger partial charge in [0, 0.05) is 27.6 Å². The lowest BCUT2D eigenvalue weighted by Gasteiger charge is -2.06. The lowest BCUT2D eigenvalue weighted by atomic mass is 10.2. The molecule has 0 atom stereocenters. The van der Waals surface area contributed by atoms with Crippen molar-refractivity contribution in [3.8, 4) is 0 Å². The molecule has 0 amide bonds. The highest BCUT2D eigenvalue weighted by Gasteiger charge is 2.06. The minimum atomic E-state index is -0.0288. The number of nitrogens with zero attached hydrogens (tertiary/aromatic N) is 2. The topological polar surface area (TPSA) is 46.9 Å². The van der Waals surface area contributed by atoms with Crippen LogP contribution in [0.4, 0.5) is 5.13 Å². The molecule has 1 N–H and O–H groups in total. The predicted molar refractivity (Wildman–Crippen MR) is 97.6 cm³/mol. The first-order valence-corrected chi connectivity index (χ1v) is 8.99. The van der Waals surface area contributed by atoms with E-state index in [1.807, 2.05) is 36.6 Å². The zero-order chi connectivity index (χ0) is 16.2. The number of pyridine rings is 1. The standard InChI is InChI=1S/C16H14ClN3OS2/c1-11-13(17)5-4-6-14(11)23-19-16-18-12(10-22-16)9-20-8-3-2-7-15(20)21/h2-8,10H,9H2,1H3,(H,18,19). The van der Waals surface area contributed by atoms with Gasteiger partial charge in [0.05, 0.1) is 12.2 Å². The molecule has 1 aromatic carbocycles. The average molecular weight is 364 g/mol. The molecule has 0 aliphatic heterocycles. The SMILES string of the molecule is Cc1c(Cl)cccc1SNc1nc(Cn2ccccc2=O)cs1. The molecule has 0 aliphatic rings. The molecule has 2 aromatic heterocycles. The van der Waals surface area contributed by atoms with Crippen LogP contribution in [0.15, 0.2) is 57.7 Å². The van der Waals surface area contributed by atoms with E-state index < -0.39 is 0 Å². The predicted octanol–water partition coefficient (Wildman–Crippen LogP) is 4.43. The van der Waals surface area contributed by atoms with Gasteiger partial charge in [-0.3, -0.25) is 4.79 Å². The lowest BCUT2D eigenvalue weighted by Crippen LogP contribution is -2.18. The Bertz CT molecular complexity index is 876. The first kappa shape index (κ1) is 16.1. The van der Waals surface area contributed by atoms with Crippen LogP contribution < -0.4 is 10.3 Å². The van der Waals surface area contributed by atoms with Crippen LogP contribution in [0.3, 0.4) is 0 Å². The molecule has 4 nitrogen and oxygen atoms in total. The van der Waals surface area contributed by atoms with E-state index in [0.29, 0.717) is 6.54 Å². The van der Waals surface area contributed by atoms with Crippen molar-refractivity contribution in [2.45, 2.75) is 18.4 Å². The Hall–Kier alpha value is -1.76. The third kappa shape index (κ3) is 3.96. The van der Waals surface area contributed by atoms with Gasteiger partial charge in [-0.1, -0.05) is 23.7 Å². The zero-order valence-electron chi connectivity index (χ0n) is 12.3. The first-order chi connectivity index (χ1) is 11.1. The van der Waals surface area contributed by atoms with Crippen LogP contribution in [0.25, 0.3) is 0 Å². The van der Waals surface area contributed by atoms with Crippen LogP contribution >= 0.6 is 34.9 Å². The van der Waals surface area contributed by atoms with Gasteiger partial charge in [0.15, 0.2) is 5.13 Å². The number of hydrogen-bond acceptors (Lipinski definition) is 5. The fourth-order valence-corrected chi connectivity index (χ4v) is 3.73. The highest BCUT2D eigenvalue weighted by molar-refractivity contribution is 8.00. The molecule has 7 heteroatoms. The molecule has 23 heavy (non-hydrogen) atoms. The van der Waals surface area contributed by atoms with Gasteiger partial charge >= 0.3 is 0 Å². The van der Waals surface area contributed by atoms with E-state index >= 15 is 0 Å². The Kier molecular flexibility index (Phi) is 5.05. The van der Waals surface area contributed by atoms with E-state index in [2.05, 4.69) is 9.71 Å². The summed E-state index contributed by atoms with van der Waals surface area (Å²) in [5, 5.41) is 3.50. The van der Waals surface area contributed by atoms with Crippen molar-refractivity contribution >= 4 is 40.0 Å². The maximum atomic E-state index is 11.7. The van der Waals surface area contributed by atoms with Crippen molar-refractivity contribution in [2.24, 2.45) is 0 Å². The Morgan fingerprint density at radius 2 is 2.17 bits per heavy atom. The molecule has 0 aliphatic carbocycles. The highest BCUT2D eigenvalue weighted by atomic mass is 35.5. The van der Waals surface area contributed by atoms with Crippen LogP contribution in [0.5, 0.6) is 0 Å². The molecule has 0 saturated heterocycles. The average Bonchev–Trinajstić information content (AvgIpc) is 2.99. The molecule has 0 radical (unpaired) electrons. The number of rotatable bonds is 5. The number of thiazole rings is 1. The van der Waals surface area contributed by atoms with Gasteiger partial charge in [-0.05, 0) is 42.6 Å². The third-order valence-electron chi connectivity index (χ3n) is 3.25. The molecular formula is C16H14ClN3OS2. The summed E-state index contributed by atoms with van der Waals surface area (Å²) >= 11 is 9.11. The Balaban J connectivity index is 1.67. The number of nitrogens with one attached hydrogen (secondary N) is 1. The van der Waals surface area contributed by atoms with Gasteiger partial charge in [-0.25, -0.2) is 4.98 Å². The van der Waals surface area contributed by atoms with Gasteiger partial charge in [0.25, 0.3) is 5.56 Å². The highest BCUT2D eigenvalue weighted by Crippen LogP contribution is 2.29. The van der Waals surface area contributed by atoms with Crippen molar-refractivity contribution in [1.29, 1.82) is 0 Å². The number of benzene rings is 1. The van der Waals surface area contributed by atoms with E-state index in [0.717, 1.165) is 26.3 Å². The minimum absolute atomic E-state index is 0.0288. The van der Waals surface area contributed by atoms with Crippen LogP contribution in [-0.2, 0) is 6.54 Å². The van der Waals surface area contributed by atoms with E-state index in [1.54, 1.807) is 22.9 Å². The Morgan fingerprint density at radius 1 is 1.30 bits per heavy atom. The second kappa shape index (κ2) is 7.21. The summed E-state index contributed by atoms with van der Waals surface area (Å²) in [5.41, 5.74) is 1.87. The van der Waals surface area contributed by atoms with Gasteiger partial charge < -0.3 is 9.29 Å². The monoisotopic (exact) mass is 363 g/mol. The van der Waals surface area contributed by atoms with Crippen molar-refractivity contribution in [3.63, 3.8) is 0 Å². The summed E-state index contributed by atoms with van der Waals surface area (Å²) in [7, 11) is 0. The van der Waals surface area contributed by atoms with Gasteiger partial charge in [0.1, 0.15) is 0 Å². The van der Waals surface area contributed by atoms with E-state index in [9.17, 15) is 4.79 Å². The van der Waals surface area contributed by atoms with Crippen LogP contribution in [0, 0.1) is 6.92 Å². The van der Waals surface area contributed by atoms with E-state index in [4.69, 9.17) is 11.6 Å². The summed E-state index contributed by atoms with van der Waals surface area (Å²) in [6.07, 6.45) is 1.76. The van der Waals surface area contributed by atoms with Crippen LogP contribution in [0.2, 0.25) is 5.02 Å². The number of hydrogen-bond donors (Lipinski definition) is 1. The molecule has 2 heterocycles. The van der Waals surface area contributed by atoms with Crippen molar-refractivity contribution in [3.05, 3.63) is 74.6 Å². The normalized spacial score (nSPS) is 10.7.